The Bertz CT molecular complexity index is 1380. The molecule has 0 saturated heterocycles. The van der Waals surface area contributed by atoms with E-state index in [1.807, 2.05) is 56.4 Å². The highest BCUT2D eigenvalue weighted by Gasteiger charge is 2.24. The van der Waals surface area contributed by atoms with Crippen LogP contribution < -0.4 is 5.32 Å². The average molecular weight is 447 g/mol. The Labute approximate surface area is 188 Å². The monoisotopic (exact) mass is 446 g/mol. The van der Waals surface area contributed by atoms with Crippen molar-refractivity contribution in [1.29, 1.82) is 0 Å². The molecule has 0 radical (unpaired) electrons. The van der Waals surface area contributed by atoms with Gasteiger partial charge in [-0.1, -0.05) is 48.5 Å². The van der Waals surface area contributed by atoms with Gasteiger partial charge >= 0.3 is 0 Å². The summed E-state index contributed by atoms with van der Waals surface area (Å²) in [5.41, 5.74) is 3.84. The van der Waals surface area contributed by atoms with Gasteiger partial charge in [0.2, 0.25) is 0 Å². The van der Waals surface area contributed by atoms with Crippen LogP contribution in [-0.4, -0.2) is 31.1 Å². The van der Waals surface area contributed by atoms with E-state index in [2.05, 4.69) is 16.4 Å². The molecule has 3 aromatic carbocycles. The van der Waals surface area contributed by atoms with Crippen molar-refractivity contribution in [3.05, 3.63) is 90.1 Å². The molecule has 6 heteroatoms. The average Bonchev–Trinajstić information content (AvgIpc) is 3.15. The summed E-state index contributed by atoms with van der Waals surface area (Å²) in [4.78, 5) is 16.8. The number of sulfone groups is 1. The number of amides is 1. The van der Waals surface area contributed by atoms with E-state index in [1.54, 1.807) is 30.3 Å². The molecule has 1 aromatic heterocycles. The number of hydrogen-bond acceptors (Lipinski definition) is 3. The molecule has 5 nitrogen and oxygen atoms in total. The molecule has 0 unspecified atom stereocenters. The minimum absolute atomic E-state index is 0.169. The zero-order valence-electron chi connectivity index (χ0n) is 18.3. The molecule has 0 aliphatic heterocycles. The molecule has 32 heavy (non-hydrogen) atoms. The van der Waals surface area contributed by atoms with Gasteiger partial charge in [0.05, 0.1) is 4.90 Å². The second-order valence-corrected chi connectivity index (χ2v) is 10.7. The van der Waals surface area contributed by atoms with Gasteiger partial charge in [0.15, 0.2) is 9.84 Å². The van der Waals surface area contributed by atoms with Crippen molar-refractivity contribution >= 4 is 26.6 Å². The van der Waals surface area contributed by atoms with Gasteiger partial charge in [-0.05, 0) is 61.2 Å². The number of nitrogens with one attached hydrogen (secondary N) is 2. The first-order valence-corrected chi connectivity index (χ1v) is 12.3. The predicted octanol–water partition coefficient (Wildman–Crippen LogP) is 4.99. The number of rotatable bonds is 6. The number of H-pyrrole nitrogens is 1. The Hall–Kier alpha value is -3.38. The standard InChI is InChI=1S/C26H26N2O3S/c1-26(2,16-19-17-27-24-11-7-6-9-22(19)24)28-25(29)23-10-5-4-8-21(23)18-12-14-20(15-13-18)32(3,30)31/h4-15,17,27H,16H2,1-3H3,(H,28,29). The molecular weight excluding hydrogens is 420 g/mol. The fourth-order valence-corrected chi connectivity index (χ4v) is 4.62. The Morgan fingerprint density at radius 3 is 2.31 bits per heavy atom. The third-order valence-electron chi connectivity index (χ3n) is 5.52. The van der Waals surface area contributed by atoms with E-state index < -0.39 is 15.4 Å². The number of carbonyl (C=O) groups is 1. The third-order valence-corrected chi connectivity index (χ3v) is 6.65. The summed E-state index contributed by atoms with van der Waals surface area (Å²) in [6, 6.07) is 22.1. The number of para-hydroxylation sites is 1. The van der Waals surface area contributed by atoms with Crippen LogP contribution in [0.15, 0.2) is 83.9 Å². The van der Waals surface area contributed by atoms with Crippen molar-refractivity contribution < 1.29 is 13.2 Å². The second kappa shape index (κ2) is 8.28. The van der Waals surface area contributed by atoms with E-state index in [0.717, 1.165) is 27.6 Å². The van der Waals surface area contributed by atoms with Crippen molar-refractivity contribution in [3.8, 4) is 11.1 Å². The smallest absolute Gasteiger partial charge is 0.252 e. The lowest BCUT2D eigenvalue weighted by Gasteiger charge is -2.27. The van der Waals surface area contributed by atoms with Crippen LogP contribution in [0.3, 0.4) is 0 Å². The van der Waals surface area contributed by atoms with Crippen molar-refractivity contribution in [2.45, 2.75) is 30.7 Å². The molecule has 4 aromatic rings. The molecule has 0 saturated carbocycles. The van der Waals surface area contributed by atoms with E-state index in [1.165, 1.54) is 6.26 Å². The summed E-state index contributed by atoms with van der Waals surface area (Å²) in [7, 11) is -3.27. The van der Waals surface area contributed by atoms with E-state index in [0.29, 0.717) is 12.0 Å². The summed E-state index contributed by atoms with van der Waals surface area (Å²) in [5.74, 6) is -0.169. The first-order valence-electron chi connectivity index (χ1n) is 10.4. The largest absolute Gasteiger partial charge is 0.361 e. The maximum absolute atomic E-state index is 13.3. The minimum atomic E-state index is -3.27. The number of aromatic nitrogens is 1. The molecule has 4 rings (SSSR count). The Morgan fingerprint density at radius 1 is 0.938 bits per heavy atom. The molecule has 1 amide bonds. The lowest BCUT2D eigenvalue weighted by atomic mass is 9.93. The molecule has 0 fully saturated rings. The molecule has 1 heterocycles. The maximum atomic E-state index is 13.3. The van der Waals surface area contributed by atoms with E-state index in [4.69, 9.17) is 0 Å². The Balaban J connectivity index is 1.58. The zero-order valence-corrected chi connectivity index (χ0v) is 19.2. The summed E-state index contributed by atoms with van der Waals surface area (Å²) in [5, 5.41) is 4.33. The van der Waals surface area contributed by atoms with Gasteiger partial charge in [-0.25, -0.2) is 8.42 Å². The van der Waals surface area contributed by atoms with Gasteiger partial charge < -0.3 is 10.3 Å². The molecule has 0 aliphatic carbocycles. The van der Waals surface area contributed by atoms with Gasteiger partial charge in [0, 0.05) is 34.5 Å². The first-order chi connectivity index (χ1) is 15.1. The highest BCUT2D eigenvalue weighted by atomic mass is 32.2. The topological polar surface area (TPSA) is 79.0 Å². The van der Waals surface area contributed by atoms with Crippen LogP contribution in [0.1, 0.15) is 29.8 Å². The highest BCUT2D eigenvalue weighted by Crippen LogP contribution is 2.27. The SMILES string of the molecule is CC(C)(Cc1c[nH]c2ccccc12)NC(=O)c1ccccc1-c1ccc(S(C)(=O)=O)cc1. The van der Waals surface area contributed by atoms with Gasteiger partial charge in [0.25, 0.3) is 5.91 Å². The lowest BCUT2D eigenvalue weighted by Crippen LogP contribution is -2.45. The maximum Gasteiger partial charge on any atom is 0.252 e. The molecule has 0 spiro atoms. The number of benzene rings is 3. The normalized spacial score (nSPS) is 12.1. The zero-order chi connectivity index (χ0) is 22.9. The molecule has 164 valence electrons. The quantitative estimate of drug-likeness (QED) is 0.438. The third kappa shape index (κ3) is 4.60. The highest BCUT2D eigenvalue weighted by molar-refractivity contribution is 7.90. The Kier molecular flexibility index (Phi) is 5.65. The number of fused-ring (bicyclic) bond motifs is 1. The Morgan fingerprint density at radius 2 is 1.59 bits per heavy atom. The van der Waals surface area contributed by atoms with Gasteiger partial charge in [-0.3, -0.25) is 4.79 Å². The fraction of sp³-hybridized carbons (Fsp3) is 0.192. The molecule has 0 bridgehead atoms. The van der Waals surface area contributed by atoms with Crippen LogP contribution >= 0.6 is 0 Å². The first kappa shape index (κ1) is 21.8. The predicted molar refractivity (Wildman–Crippen MR) is 129 cm³/mol. The number of hydrogen-bond donors (Lipinski definition) is 2. The van der Waals surface area contributed by atoms with Gasteiger partial charge in [-0.2, -0.15) is 0 Å². The lowest BCUT2D eigenvalue weighted by molar-refractivity contribution is 0.0914. The molecule has 0 aliphatic rings. The van der Waals surface area contributed by atoms with Crippen LogP contribution in [0.4, 0.5) is 0 Å². The summed E-state index contributed by atoms with van der Waals surface area (Å²) < 4.78 is 23.5. The van der Waals surface area contributed by atoms with E-state index >= 15 is 0 Å². The number of carbonyl (C=O) groups excluding carboxylic acids is 1. The summed E-state index contributed by atoms with van der Waals surface area (Å²) >= 11 is 0. The van der Waals surface area contributed by atoms with Crippen LogP contribution in [0, 0.1) is 0 Å². The van der Waals surface area contributed by atoms with Crippen molar-refractivity contribution in [2.24, 2.45) is 0 Å². The van der Waals surface area contributed by atoms with E-state index in [9.17, 15) is 13.2 Å². The summed E-state index contributed by atoms with van der Waals surface area (Å²) in [6.45, 7) is 4.02. The second-order valence-electron chi connectivity index (χ2n) is 8.72. The van der Waals surface area contributed by atoms with Crippen LogP contribution in [0.5, 0.6) is 0 Å². The van der Waals surface area contributed by atoms with Crippen molar-refractivity contribution in [1.82, 2.24) is 10.3 Å². The van der Waals surface area contributed by atoms with Crippen LogP contribution in [0.25, 0.3) is 22.0 Å². The van der Waals surface area contributed by atoms with Crippen molar-refractivity contribution in [3.63, 3.8) is 0 Å². The molecule has 2 N–H and O–H groups in total. The summed E-state index contributed by atoms with van der Waals surface area (Å²) in [6.07, 6.45) is 3.85. The fourth-order valence-electron chi connectivity index (χ4n) is 3.99. The molecule has 0 atom stereocenters. The van der Waals surface area contributed by atoms with Gasteiger partial charge in [0.1, 0.15) is 0 Å². The van der Waals surface area contributed by atoms with Crippen molar-refractivity contribution in [2.75, 3.05) is 6.26 Å². The van der Waals surface area contributed by atoms with E-state index in [-0.39, 0.29) is 10.8 Å². The van der Waals surface area contributed by atoms with Crippen LogP contribution in [0.2, 0.25) is 0 Å². The van der Waals surface area contributed by atoms with Crippen LogP contribution in [-0.2, 0) is 16.3 Å². The molecular formula is C26H26N2O3S. The van der Waals surface area contributed by atoms with Gasteiger partial charge in [-0.15, -0.1) is 0 Å². The minimum Gasteiger partial charge on any atom is -0.361 e. The number of aromatic amines is 1.